The molecule has 1 N–H and O–H groups in total. The average Bonchev–Trinajstić information content (AvgIpc) is 2.69. The van der Waals surface area contributed by atoms with Crippen molar-refractivity contribution in [3.63, 3.8) is 0 Å². The van der Waals surface area contributed by atoms with E-state index in [0.717, 1.165) is 37.4 Å². The Kier molecular flexibility index (Phi) is 6.19. The van der Waals surface area contributed by atoms with Gasteiger partial charge in [0.05, 0.1) is 5.69 Å². The van der Waals surface area contributed by atoms with Gasteiger partial charge in [0.1, 0.15) is 5.82 Å². The molecule has 5 nitrogen and oxygen atoms in total. The first-order valence-corrected chi connectivity index (χ1v) is 9.15. The number of hydrogen-bond donors (Lipinski definition) is 1. The zero-order chi connectivity index (χ0) is 19.2. The fourth-order valence-electron chi connectivity index (χ4n) is 3.17. The van der Waals surface area contributed by atoms with Crippen LogP contribution in [0.15, 0.2) is 48.5 Å². The maximum atomic E-state index is 13.6. The minimum Gasteiger partial charge on any atom is -0.369 e. The number of Topliss-reactive ketones (excluding diaryl/α,β-unsaturated/α-hetero) is 1. The number of anilines is 2. The molecule has 1 fully saturated rings. The number of para-hydroxylation sites is 1. The number of carbonyl (C=O) groups excluding carboxylic acids is 2. The number of nitrogens with one attached hydrogen (secondary N) is 1. The Labute approximate surface area is 158 Å². The molecule has 2 aromatic carbocycles. The lowest BCUT2D eigenvalue weighted by molar-refractivity contribution is -0.116. The largest absolute Gasteiger partial charge is 0.369 e. The van der Waals surface area contributed by atoms with Gasteiger partial charge in [0.25, 0.3) is 0 Å². The molecule has 1 saturated heterocycles. The molecule has 0 spiro atoms. The highest BCUT2D eigenvalue weighted by Gasteiger charge is 2.18. The Bertz CT molecular complexity index is 799. The summed E-state index contributed by atoms with van der Waals surface area (Å²) in [7, 11) is 0. The minimum absolute atomic E-state index is 0.0695. The number of hydrogen-bond acceptors (Lipinski definition) is 4. The van der Waals surface area contributed by atoms with Crippen LogP contribution in [0.3, 0.4) is 0 Å². The summed E-state index contributed by atoms with van der Waals surface area (Å²) in [6, 6.07) is 13.9. The van der Waals surface area contributed by atoms with Crippen LogP contribution in [0.2, 0.25) is 0 Å². The van der Waals surface area contributed by atoms with Gasteiger partial charge in [-0.25, -0.2) is 4.39 Å². The third-order valence-corrected chi connectivity index (χ3v) is 4.81. The zero-order valence-electron chi connectivity index (χ0n) is 15.5. The normalized spacial score (nSPS) is 14.8. The molecule has 0 atom stereocenters. The summed E-state index contributed by atoms with van der Waals surface area (Å²) < 4.78 is 13.6. The van der Waals surface area contributed by atoms with Crippen molar-refractivity contribution in [1.29, 1.82) is 0 Å². The van der Waals surface area contributed by atoms with E-state index in [4.69, 9.17) is 0 Å². The Morgan fingerprint density at radius 1 is 1.00 bits per heavy atom. The summed E-state index contributed by atoms with van der Waals surface area (Å²) in [6.07, 6.45) is 0.335. The smallest absolute Gasteiger partial charge is 0.225 e. The first-order valence-electron chi connectivity index (χ1n) is 9.15. The van der Waals surface area contributed by atoms with Crippen molar-refractivity contribution in [1.82, 2.24) is 4.90 Å². The van der Waals surface area contributed by atoms with Crippen molar-refractivity contribution in [2.45, 2.75) is 13.3 Å². The predicted molar refractivity (Wildman–Crippen MR) is 105 cm³/mol. The molecule has 27 heavy (non-hydrogen) atoms. The van der Waals surface area contributed by atoms with Crippen molar-refractivity contribution >= 4 is 23.1 Å². The van der Waals surface area contributed by atoms with Crippen LogP contribution in [0, 0.1) is 5.82 Å². The molecule has 2 aromatic rings. The van der Waals surface area contributed by atoms with E-state index in [1.165, 1.54) is 6.07 Å². The highest BCUT2D eigenvalue weighted by Crippen LogP contribution is 2.18. The molecule has 0 radical (unpaired) electrons. The Balaban J connectivity index is 1.43. The molecule has 1 aliphatic rings. The van der Waals surface area contributed by atoms with Gasteiger partial charge >= 0.3 is 0 Å². The van der Waals surface area contributed by atoms with Crippen LogP contribution in [0.5, 0.6) is 0 Å². The van der Waals surface area contributed by atoms with Crippen molar-refractivity contribution in [2.75, 3.05) is 42.9 Å². The maximum absolute atomic E-state index is 13.6. The second-order valence-corrected chi connectivity index (χ2v) is 6.71. The quantitative estimate of drug-likeness (QED) is 0.795. The van der Waals surface area contributed by atoms with Gasteiger partial charge in [-0.1, -0.05) is 12.1 Å². The third kappa shape index (κ3) is 5.14. The molecule has 0 unspecified atom stereocenters. The zero-order valence-corrected chi connectivity index (χ0v) is 15.5. The van der Waals surface area contributed by atoms with E-state index in [1.54, 1.807) is 25.1 Å². The van der Waals surface area contributed by atoms with Crippen LogP contribution in [0.4, 0.5) is 15.8 Å². The number of benzene rings is 2. The Hall–Kier alpha value is -2.73. The Morgan fingerprint density at radius 3 is 2.30 bits per heavy atom. The number of amides is 1. The van der Waals surface area contributed by atoms with Crippen LogP contribution >= 0.6 is 0 Å². The molecule has 0 aliphatic carbocycles. The number of halogens is 1. The fraction of sp³-hybridized carbons (Fsp3) is 0.333. The molecule has 1 aliphatic heterocycles. The lowest BCUT2D eigenvalue weighted by Gasteiger charge is -2.36. The SMILES string of the molecule is CC(=O)c1ccc(N2CCN(CCC(=O)Nc3ccccc3F)CC2)cc1. The molecule has 142 valence electrons. The lowest BCUT2D eigenvalue weighted by atomic mass is 10.1. The topological polar surface area (TPSA) is 52.7 Å². The molecule has 0 bridgehead atoms. The molecule has 0 saturated carbocycles. The highest BCUT2D eigenvalue weighted by atomic mass is 19.1. The van der Waals surface area contributed by atoms with Gasteiger partial charge in [-0.05, 0) is 43.3 Å². The average molecular weight is 369 g/mol. The van der Waals surface area contributed by atoms with Gasteiger partial charge in [-0.3, -0.25) is 14.5 Å². The van der Waals surface area contributed by atoms with Gasteiger partial charge < -0.3 is 10.2 Å². The molecular formula is C21H24FN3O2. The van der Waals surface area contributed by atoms with E-state index in [0.29, 0.717) is 13.0 Å². The summed E-state index contributed by atoms with van der Waals surface area (Å²) in [4.78, 5) is 27.9. The molecule has 1 amide bonds. The number of rotatable bonds is 6. The summed E-state index contributed by atoms with van der Waals surface area (Å²) in [6.45, 7) is 5.68. The summed E-state index contributed by atoms with van der Waals surface area (Å²) in [5.74, 6) is -0.530. The van der Waals surface area contributed by atoms with Gasteiger partial charge in [-0.2, -0.15) is 0 Å². The van der Waals surface area contributed by atoms with Crippen LogP contribution in [0.25, 0.3) is 0 Å². The van der Waals surface area contributed by atoms with E-state index < -0.39 is 5.82 Å². The molecule has 1 heterocycles. The standard InChI is InChI=1S/C21H24FN3O2/c1-16(26)17-6-8-18(9-7-17)25-14-12-24(13-15-25)11-10-21(27)23-20-5-3-2-4-19(20)22/h2-9H,10-15H2,1H3,(H,23,27). The van der Waals surface area contributed by atoms with E-state index in [9.17, 15) is 14.0 Å². The second kappa shape index (κ2) is 8.77. The van der Waals surface area contributed by atoms with E-state index in [1.807, 2.05) is 24.3 Å². The van der Waals surface area contributed by atoms with Gasteiger partial charge in [0.2, 0.25) is 5.91 Å². The first kappa shape index (κ1) is 19.0. The Morgan fingerprint density at radius 2 is 1.67 bits per heavy atom. The number of nitrogens with zero attached hydrogens (tertiary/aromatic N) is 2. The summed E-state index contributed by atoms with van der Waals surface area (Å²) >= 11 is 0. The first-order chi connectivity index (χ1) is 13.0. The van der Waals surface area contributed by atoms with Crippen molar-refractivity contribution in [2.24, 2.45) is 0 Å². The molecule has 3 rings (SSSR count). The van der Waals surface area contributed by atoms with Crippen molar-refractivity contribution in [3.8, 4) is 0 Å². The van der Waals surface area contributed by atoms with Crippen LogP contribution in [0.1, 0.15) is 23.7 Å². The summed E-state index contributed by atoms with van der Waals surface area (Å²) in [5.41, 5.74) is 2.05. The van der Waals surface area contributed by atoms with Crippen LogP contribution in [-0.2, 0) is 4.79 Å². The molecular weight excluding hydrogens is 345 g/mol. The maximum Gasteiger partial charge on any atom is 0.225 e. The van der Waals surface area contributed by atoms with E-state index in [2.05, 4.69) is 15.1 Å². The summed E-state index contributed by atoms with van der Waals surface area (Å²) in [5, 5.41) is 2.62. The number of carbonyl (C=O) groups is 2. The second-order valence-electron chi connectivity index (χ2n) is 6.71. The van der Waals surface area contributed by atoms with Gasteiger partial charge in [0.15, 0.2) is 5.78 Å². The predicted octanol–water partition coefficient (Wildman–Crippen LogP) is 3.18. The van der Waals surface area contributed by atoms with Gasteiger partial charge in [-0.15, -0.1) is 0 Å². The van der Waals surface area contributed by atoms with E-state index in [-0.39, 0.29) is 17.4 Å². The number of piperazine rings is 1. The molecule has 6 heteroatoms. The fourth-order valence-corrected chi connectivity index (χ4v) is 3.17. The third-order valence-electron chi connectivity index (χ3n) is 4.81. The minimum atomic E-state index is -0.421. The van der Waals surface area contributed by atoms with Crippen LogP contribution in [-0.4, -0.2) is 49.3 Å². The van der Waals surface area contributed by atoms with Crippen molar-refractivity contribution < 1.29 is 14.0 Å². The van der Waals surface area contributed by atoms with Gasteiger partial charge in [0, 0.05) is 50.4 Å². The van der Waals surface area contributed by atoms with Crippen LogP contribution < -0.4 is 10.2 Å². The number of ketones is 1. The molecule has 0 aromatic heterocycles. The monoisotopic (exact) mass is 369 g/mol. The highest BCUT2D eigenvalue weighted by molar-refractivity contribution is 5.94. The van der Waals surface area contributed by atoms with E-state index >= 15 is 0 Å². The van der Waals surface area contributed by atoms with Crippen molar-refractivity contribution in [3.05, 3.63) is 59.9 Å². The lowest BCUT2D eigenvalue weighted by Crippen LogP contribution is -2.47.